The van der Waals surface area contributed by atoms with Crippen molar-refractivity contribution in [2.24, 2.45) is 5.92 Å². The zero-order chi connectivity index (χ0) is 10.1. The number of carbonyl (C=O) groups is 1. The summed E-state index contributed by atoms with van der Waals surface area (Å²) in [4.78, 5) is 10.3. The van der Waals surface area contributed by atoms with Crippen molar-refractivity contribution in [3.63, 3.8) is 0 Å². The molecule has 0 rings (SSSR count). The van der Waals surface area contributed by atoms with Gasteiger partial charge in [-0.1, -0.05) is 46.0 Å². The molecule has 0 aliphatic rings. The van der Waals surface area contributed by atoms with E-state index in [0.29, 0.717) is 12.3 Å². The van der Waals surface area contributed by atoms with Gasteiger partial charge >= 0.3 is 5.97 Å². The van der Waals surface area contributed by atoms with Crippen LogP contribution in [0.25, 0.3) is 0 Å². The van der Waals surface area contributed by atoms with Crippen LogP contribution in [0.5, 0.6) is 0 Å². The maximum absolute atomic E-state index is 10.3. The van der Waals surface area contributed by atoms with Gasteiger partial charge in [0.1, 0.15) is 0 Å². The molecule has 0 aromatic rings. The first kappa shape index (κ1) is 12.5. The molecule has 0 aromatic heterocycles. The number of rotatable bonds is 8. The van der Waals surface area contributed by atoms with Gasteiger partial charge in [0.15, 0.2) is 0 Å². The highest BCUT2D eigenvalue weighted by Gasteiger charge is 2.07. The van der Waals surface area contributed by atoms with Crippen LogP contribution in [0.3, 0.4) is 0 Å². The van der Waals surface area contributed by atoms with Crippen LogP contribution in [-0.2, 0) is 4.79 Å². The second-order valence-corrected chi connectivity index (χ2v) is 3.70. The van der Waals surface area contributed by atoms with Gasteiger partial charge in [-0.2, -0.15) is 0 Å². The largest absolute Gasteiger partial charge is 0.481 e. The summed E-state index contributed by atoms with van der Waals surface area (Å²) in [5, 5.41) is 8.53. The van der Waals surface area contributed by atoms with Gasteiger partial charge in [-0.25, -0.2) is 0 Å². The lowest BCUT2D eigenvalue weighted by Crippen LogP contribution is -2.03. The van der Waals surface area contributed by atoms with Gasteiger partial charge in [-0.3, -0.25) is 4.79 Å². The van der Waals surface area contributed by atoms with Crippen molar-refractivity contribution in [2.45, 2.75) is 58.8 Å². The first-order valence-electron chi connectivity index (χ1n) is 5.42. The maximum atomic E-state index is 10.3. The summed E-state index contributed by atoms with van der Waals surface area (Å²) in [6.45, 7) is 4.34. The van der Waals surface area contributed by atoms with E-state index in [1.54, 1.807) is 0 Å². The molecule has 0 heterocycles. The number of unbranched alkanes of at least 4 members (excludes halogenated alkanes) is 2. The van der Waals surface area contributed by atoms with Crippen molar-refractivity contribution in [2.75, 3.05) is 0 Å². The molecule has 13 heavy (non-hydrogen) atoms. The quantitative estimate of drug-likeness (QED) is 0.589. The van der Waals surface area contributed by atoms with Gasteiger partial charge in [0.25, 0.3) is 0 Å². The van der Waals surface area contributed by atoms with Crippen LogP contribution in [0.4, 0.5) is 0 Å². The van der Waals surface area contributed by atoms with Gasteiger partial charge in [0.2, 0.25) is 0 Å². The molecule has 78 valence electrons. The first-order valence-corrected chi connectivity index (χ1v) is 5.42. The van der Waals surface area contributed by atoms with Crippen LogP contribution in [0, 0.1) is 5.92 Å². The Morgan fingerprint density at radius 3 is 2.38 bits per heavy atom. The minimum atomic E-state index is -0.658. The molecular weight excluding hydrogens is 164 g/mol. The molecule has 0 aliphatic carbocycles. The van der Waals surface area contributed by atoms with Gasteiger partial charge in [-0.15, -0.1) is 0 Å². The van der Waals surface area contributed by atoms with E-state index >= 15 is 0 Å². The monoisotopic (exact) mass is 186 g/mol. The fourth-order valence-corrected chi connectivity index (χ4v) is 1.56. The Kier molecular flexibility index (Phi) is 7.76. The van der Waals surface area contributed by atoms with E-state index < -0.39 is 5.97 Å². The molecule has 1 atom stereocenters. The maximum Gasteiger partial charge on any atom is 0.303 e. The van der Waals surface area contributed by atoms with Crippen molar-refractivity contribution in [3.8, 4) is 0 Å². The lowest BCUT2D eigenvalue weighted by molar-refractivity contribution is -0.137. The minimum Gasteiger partial charge on any atom is -0.481 e. The minimum absolute atomic E-state index is 0.338. The summed E-state index contributed by atoms with van der Waals surface area (Å²) in [6, 6.07) is 0. The molecule has 0 radical (unpaired) electrons. The molecule has 0 bridgehead atoms. The smallest absolute Gasteiger partial charge is 0.303 e. The zero-order valence-electron chi connectivity index (χ0n) is 8.88. The zero-order valence-corrected chi connectivity index (χ0v) is 8.88. The van der Waals surface area contributed by atoms with E-state index in [0.717, 1.165) is 12.8 Å². The molecule has 1 unspecified atom stereocenters. The van der Waals surface area contributed by atoms with Gasteiger partial charge in [0.05, 0.1) is 0 Å². The standard InChI is InChI=1S/C11H22O2/c1-3-5-6-7-10(4-2)8-9-11(12)13/h10H,3-9H2,1-2H3,(H,12,13). The second kappa shape index (κ2) is 8.09. The molecular formula is C11H22O2. The Balaban J connectivity index is 3.45. The molecule has 0 amide bonds. The van der Waals surface area contributed by atoms with Gasteiger partial charge in [0, 0.05) is 6.42 Å². The van der Waals surface area contributed by atoms with Crippen LogP contribution in [-0.4, -0.2) is 11.1 Å². The predicted molar refractivity (Wildman–Crippen MR) is 54.8 cm³/mol. The number of carboxylic acids is 1. The molecule has 0 spiro atoms. The van der Waals surface area contributed by atoms with Crippen molar-refractivity contribution in [1.82, 2.24) is 0 Å². The Labute approximate surface area is 81.3 Å². The average Bonchev–Trinajstić information content (AvgIpc) is 2.10. The summed E-state index contributed by atoms with van der Waals surface area (Å²) in [5.74, 6) is -0.0309. The first-order chi connectivity index (χ1) is 6.20. The van der Waals surface area contributed by atoms with E-state index in [1.807, 2.05) is 0 Å². The van der Waals surface area contributed by atoms with Crippen LogP contribution >= 0.6 is 0 Å². The van der Waals surface area contributed by atoms with E-state index in [1.165, 1.54) is 25.7 Å². The third kappa shape index (κ3) is 7.82. The van der Waals surface area contributed by atoms with Crippen molar-refractivity contribution < 1.29 is 9.90 Å². The SMILES string of the molecule is CCCCCC(CC)CCC(=O)O. The van der Waals surface area contributed by atoms with E-state index in [9.17, 15) is 4.79 Å². The third-order valence-corrected chi connectivity index (χ3v) is 2.56. The number of carboxylic acid groups (broad SMARTS) is 1. The molecule has 0 saturated heterocycles. The molecule has 2 heteroatoms. The second-order valence-electron chi connectivity index (χ2n) is 3.70. The van der Waals surface area contributed by atoms with Crippen LogP contribution in [0.1, 0.15) is 58.8 Å². The van der Waals surface area contributed by atoms with E-state index in [2.05, 4.69) is 13.8 Å². The summed E-state index contributed by atoms with van der Waals surface area (Å²) < 4.78 is 0. The lowest BCUT2D eigenvalue weighted by atomic mass is 9.94. The topological polar surface area (TPSA) is 37.3 Å². The Bertz CT molecular complexity index is 132. The Morgan fingerprint density at radius 2 is 1.92 bits per heavy atom. The molecule has 0 fully saturated rings. The van der Waals surface area contributed by atoms with Crippen LogP contribution in [0.2, 0.25) is 0 Å². The van der Waals surface area contributed by atoms with Gasteiger partial charge < -0.3 is 5.11 Å². The molecule has 0 saturated carbocycles. The number of aliphatic carboxylic acids is 1. The van der Waals surface area contributed by atoms with E-state index in [-0.39, 0.29) is 0 Å². The number of hydrogen-bond donors (Lipinski definition) is 1. The summed E-state index contributed by atoms with van der Waals surface area (Å²) in [5.41, 5.74) is 0. The van der Waals surface area contributed by atoms with Crippen LogP contribution in [0.15, 0.2) is 0 Å². The highest BCUT2D eigenvalue weighted by molar-refractivity contribution is 5.66. The molecule has 0 aromatic carbocycles. The molecule has 1 N–H and O–H groups in total. The summed E-state index contributed by atoms with van der Waals surface area (Å²) in [6.07, 6.45) is 7.31. The normalized spacial score (nSPS) is 12.8. The van der Waals surface area contributed by atoms with Gasteiger partial charge in [-0.05, 0) is 12.3 Å². The highest BCUT2D eigenvalue weighted by atomic mass is 16.4. The van der Waals surface area contributed by atoms with Crippen molar-refractivity contribution in [3.05, 3.63) is 0 Å². The Morgan fingerprint density at radius 1 is 1.23 bits per heavy atom. The summed E-state index contributed by atoms with van der Waals surface area (Å²) >= 11 is 0. The van der Waals surface area contributed by atoms with E-state index in [4.69, 9.17) is 5.11 Å². The Hall–Kier alpha value is -0.530. The van der Waals surface area contributed by atoms with Crippen molar-refractivity contribution in [1.29, 1.82) is 0 Å². The predicted octanol–water partition coefficient (Wildman–Crippen LogP) is 3.46. The molecule has 0 aliphatic heterocycles. The van der Waals surface area contributed by atoms with Crippen molar-refractivity contribution >= 4 is 5.97 Å². The fraction of sp³-hybridized carbons (Fsp3) is 0.909. The molecule has 2 nitrogen and oxygen atoms in total. The average molecular weight is 186 g/mol. The summed E-state index contributed by atoms with van der Waals surface area (Å²) in [7, 11) is 0. The lowest BCUT2D eigenvalue weighted by Gasteiger charge is -2.12. The third-order valence-electron chi connectivity index (χ3n) is 2.56. The highest BCUT2D eigenvalue weighted by Crippen LogP contribution is 2.18. The fourth-order valence-electron chi connectivity index (χ4n) is 1.56. The number of hydrogen-bond acceptors (Lipinski definition) is 1. The van der Waals surface area contributed by atoms with Crippen LogP contribution < -0.4 is 0 Å².